The maximum Gasteiger partial charge on any atom is 0.335 e. The van der Waals surface area contributed by atoms with Crippen LogP contribution in [0.1, 0.15) is 13.8 Å². The summed E-state index contributed by atoms with van der Waals surface area (Å²) >= 11 is 0. The minimum Gasteiger partial charge on any atom is -0.433 e. The van der Waals surface area contributed by atoms with Gasteiger partial charge in [0.1, 0.15) is 0 Å². The van der Waals surface area contributed by atoms with Gasteiger partial charge < -0.3 is 4.74 Å². The highest BCUT2D eigenvalue weighted by Gasteiger charge is 2.39. The molecule has 0 rings (SSSR count). The molecule has 80 valence electrons. The first-order chi connectivity index (χ1) is 6.14. The largest absolute Gasteiger partial charge is 0.433 e. The van der Waals surface area contributed by atoms with Gasteiger partial charge in [-0.05, 0) is 19.9 Å². The maximum atomic E-state index is 11.0. The molecular weight excluding hydrogens is 208 g/mol. The molecule has 14 heavy (non-hydrogen) atoms. The molecule has 0 radical (unpaired) electrons. The first-order valence-corrected chi connectivity index (χ1v) is 5.07. The Labute approximate surface area is 82.8 Å². The summed E-state index contributed by atoms with van der Waals surface area (Å²) in [5.41, 5.74) is 0.0294. The van der Waals surface area contributed by atoms with E-state index < -0.39 is 21.0 Å². The van der Waals surface area contributed by atoms with E-state index in [1.54, 1.807) is 0 Å². The number of hydrogen-bond donors (Lipinski definition) is 1. The van der Waals surface area contributed by atoms with Crippen LogP contribution in [0.25, 0.3) is 0 Å². The Kier molecular flexibility index (Phi) is 3.61. The zero-order valence-corrected chi connectivity index (χ0v) is 8.80. The monoisotopic (exact) mass is 220 g/mol. The van der Waals surface area contributed by atoms with Gasteiger partial charge in [-0.1, -0.05) is 13.2 Å². The Morgan fingerprint density at radius 3 is 2.21 bits per heavy atom. The van der Waals surface area contributed by atoms with Crippen LogP contribution >= 0.6 is 0 Å². The molecule has 0 aliphatic rings. The first kappa shape index (κ1) is 12.9. The van der Waals surface area contributed by atoms with E-state index in [0.717, 1.165) is 13.0 Å². The van der Waals surface area contributed by atoms with Gasteiger partial charge in [-0.3, -0.25) is 4.55 Å². The number of carbonyl (C=O) groups excluding carboxylic acids is 1. The highest BCUT2D eigenvalue weighted by Crippen LogP contribution is 2.20. The average molecular weight is 220 g/mol. The Hall–Kier alpha value is -1.14. The van der Waals surface area contributed by atoms with Gasteiger partial charge in [-0.25, -0.2) is 4.79 Å². The van der Waals surface area contributed by atoms with Gasteiger partial charge in [0.05, 0.1) is 0 Å². The lowest BCUT2D eigenvalue weighted by molar-refractivity contribution is -0.143. The third-order valence-corrected chi connectivity index (χ3v) is 2.80. The van der Waals surface area contributed by atoms with E-state index in [0.29, 0.717) is 0 Å². The molecule has 0 aliphatic carbocycles. The van der Waals surface area contributed by atoms with Crippen molar-refractivity contribution in [2.45, 2.75) is 18.8 Å². The highest BCUT2D eigenvalue weighted by molar-refractivity contribution is 7.87. The molecule has 0 aromatic carbocycles. The molecule has 0 fully saturated rings. The van der Waals surface area contributed by atoms with Gasteiger partial charge in [-0.15, -0.1) is 0 Å². The highest BCUT2D eigenvalue weighted by atomic mass is 32.2. The van der Waals surface area contributed by atoms with Crippen LogP contribution in [-0.4, -0.2) is 23.9 Å². The molecule has 1 atom stereocenters. The van der Waals surface area contributed by atoms with Crippen molar-refractivity contribution in [3.8, 4) is 0 Å². The lowest BCUT2D eigenvalue weighted by Crippen LogP contribution is -2.38. The predicted octanol–water partition coefficient (Wildman–Crippen LogP) is 0.896. The molecule has 1 unspecified atom stereocenters. The lowest BCUT2D eigenvalue weighted by Gasteiger charge is -2.22. The number of carbonyl (C=O) groups is 1. The zero-order valence-electron chi connectivity index (χ0n) is 7.98. The predicted molar refractivity (Wildman–Crippen MR) is 51.1 cm³/mol. The standard InChI is InChI=1S/C8H12O5S/c1-5-8(4,14(10,11)12)13-7(9)6(2)3/h5H,1-2H2,3-4H3,(H,10,11,12). The van der Waals surface area contributed by atoms with Crippen LogP contribution in [0.2, 0.25) is 0 Å². The summed E-state index contributed by atoms with van der Waals surface area (Å²) in [5.74, 6) is -0.912. The van der Waals surface area contributed by atoms with Crippen LogP contribution in [0, 0.1) is 0 Å². The van der Waals surface area contributed by atoms with Crippen LogP contribution < -0.4 is 0 Å². The summed E-state index contributed by atoms with van der Waals surface area (Å²) in [5, 5.41) is 0. The summed E-state index contributed by atoms with van der Waals surface area (Å²) in [7, 11) is -4.55. The number of rotatable bonds is 4. The Balaban J connectivity index is 5.03. The quantitative estimate of drug-likeness (QED) is 0.329. The zero-order chi connectivity index (χ0) is 11.6. The second-order valence-corrected chi connectivity index (χ2v) is 4.63. The second-order valence-electron chi connectivity index (χ2n) is 2.86. The molecule has 6 heteroatoms. The number of ether oxygens (including phenoxy) is 1. The van der Waals surface area contributed by atoms with E-state index in [2.05, 4.69) is 17.9 Å². The molecule has 1 N–H and O–H groups in total. The summed E-state index contributed by atoms with van der Waals surface area (Å²) in [6, 6.07) is 0. The van der Waals surface area contributed by atoms with Crippen molar-refractivity contribution in [1.29, 1.82) is 0 Å². The van der Waals surface area contributed by atoms with E-state index in [9.17, 15) is 13.2 Å². The van der Waals surface area contributed by atoms with Gasteiger partial charge in [0.15, 0.2) is 0 Å². The molecule has 0 bridgehead atoms. The summed E-state index contributed by atoms with van der Waals surface area (Å²) in [6.07, 6.45) is 0.823. The molecular formula is C8H12O5S. The van der Waals surface area contributed by atoms with Crippen molar-refractivity contribution in [2.24, 2.45) is 0 Å². The SMILES string of the molecule is C=CC(C)(OC(=O)C(=C)C)S(=O)(=O)O. The van der Waals surface area contributed by atoms with Gasteiger partial charge in [-0.2, -0.15) is 8.42 Å². The normalized spacial score (nSPS) is 15.4. The summed E-state index contributed by atoms with van der Waals surface area (Å²) in [6.45, 7) is 8.80. The fourth-order valence-electron chi connectivity index (χ4n) is 0.471. The van der Waals surface area contributed by atoms with Gasteiger partial charge in [0.2, 0.25) is 0 Å². The smallest absolute Gasteiger partial charge is 0.335 e. The van der Waals surface area contributed by atoms with Crippen molar-refractivity contribution in [2.75, 3.05) is 0 Å². The average Bonchev–Trinajstić information content (AvgIpc) is 2.01. The van der Waals surface area contributed by atoms with Crippen LogP contribution in [-0.2, 0) is 19.6 Å². The van der Waals surface area contributed by atoms with E-state index in [4.69, 9.17) is 4.55 Å². The Bertz CT molecular complexity index is 367. The second kappa shape index (κ2) is 3.93. The Morgan fingerprint density at radius 2 is 2.00 bits per heavy atom. The summed E-state index contributed by atoms with van der Waals surface area (Å²) in [4.78, 5) is 8.88. The van der Waals surface area contributed by atoms with Crippen molar-refractivity contribution >= 4 is 16.1 Å². The fraction of sp³-hybridized carbons (Fsp3) is 0.375. The van der Waals surface area contributed by atoms with E-state index >= 15 is 0 Å². The van der Waals surface area contributed by atoms with E-state index in [-0.39, 0.29) is 5.57 Å². The van der Waals surface area contributed by atoms with Crippen LogP contribution in [0.3, 0.4) is 0 Å². The first-order valence-electron chi connectivity index (χ1n) is 3.63. The van der Waals surface area contributed by atoms with Crippen molar-refractivity contribution < 1.29 is 22.5 Å². The molecule has 0 saturated heterocycles. The molecule has 0 aromatic rings. The topological polar surface area (TPSA) is 80.7 Å². The van der Waals surface area contributed by atoms with Crippen LogP contribution in [0.4, 0.5) is 0 Å². The fourth-order valence-corrected chi connectivity index (χ4v) is 0.862. The van der Waals surface area contributed by atoms with E-state index in [1.807, 2.05) is 0 Å². The van der Waals surface area contributed by atoms with Crippen molar-refractivity contribution in [1.82, 2.24) is 0 Å². The summed E-state index contributed by atoms with van der Waals surface area (Å²) < 4.78 is 34.9. The molecule has 0 saturated carbocycles. The lowest BCUT2D eigenvalue weighted by atomic mass is 10.3. The molecule has 0 heterocycles. The van der Waals surface area contributed by atoms with Gasteiger partial charge >= 0.3 is 16.1 Å². The van der Waals surface area contributed by atoms with Crippen molar-refractivity contribution in [3.05, 3.63) is 24.8 Å². The van der Waals surface area contributed by atoms with Crippen molar-refractivity contribution in [3.63, 3.8) is 0 Å². The molecule has 0 amide bonds. The molecule has 0 spiro atoms. The van der Waals surface area contributed by atoms with Crippen LogP contribution in [0.5, 0.6) is 0 Å². The van der Waals surface area contributed by atoms with Crippen LogP contribution in [0.15, 0.2) is 24.8 Å². The maximum absolute atomic E-state index is 11.0. The van der Waals surface area contributed by atoms with Gasteiger partial charge in [0.25, 0.3) is 4.93 Å². The van der Waals surface area contributed by atoms with Gasteiger partial charge in [0, 0.05) is 5.57 Å². The Morgan fingerprint density at radius 1 is 1.57 bits per heavy atom. The number of hydrogen-bond acceptors (Lipinski definition) is 4. The molecule has 5 nitrogen and oxygen atoms in total. The van der Waals surface area contributed by atoms with E-state index in [1.165, 1.54) is 6.92 Å². The third kappa shape index (κ3) is 2.68. The third-order valence-electron chi connectivity index (χ3n) is 1.53. The number of esters is 1. The minimum atomic E-state index is -4.55. The minimum absolute atomic E-state index is 0.0294. The molecule has 0 aliphatic heterocycles. The molecule has 0 aromatic heterocycles.